The minimum Gasteiger partial charge on any atom is -0.331 e. The van der Waals surface area contributed by atoms with Crippen molar-refractivity contribution in [2.75, 3.05) is 0 Å². The van der Waals surface area contributed by atoms with E-state index in [1.165, 1.54) is 0 Å². The Hall–Kier alpha value is -2.63. The molecule has 0 aliphatic carbocycles. The number of carbonyl (C=O) groups excluding carboxylic acids is 2. The third-order valence-electron chi connectivity index (χ3n) is 2.99. The zero-order chi connectivity index (χ0) is 14.5. The third kappa shape index (κ3) is 3.23. The van der Waals surface area contributed by atoms with Crippen molar-refractivity contribution in [3.8, 4) is 11.1 Å². The van der Waals surface area contributed by atoms with E-state index in [0.717, 1.165) is 16.7 Å². The number of aromatic nitrogens is 2. The van der Waals surface area contributed by atoms with Crippen LogP contribution in [-0.2, 0) is 11.8 Å². The van der Waals surface area contributed by atoms with E-state index in [4.69, 9.17) is 0 Å². The first kappa shape index (κ1) is 13.8. The van der Waals surface area contributed by atoms with Crippen LogP contribution < -0.4 is 10.6 Å². The van der Waals surface area contributed by atoms with Crippen LogP contribution in [0.1, 0.15) is 18.5 Å². The lowest BCUT2D eigenvalue weighted by Crippen LogP contribution is -2.36. The van der Waals surface area contributed by atoms with Crippen LogP contribution in [0.4, 0.5) is 4.79 Å². The zero-order valence-electron chi connectivity index (χ0n) is 11.3. The van der Waals surface area contributed by atoms with Crippen LogP contribution in [0.3, 0.4) is 0 Å². The molecular formula is C14H16N4O2. The predicted molar refractivity (Wildman–Crippen MR) is 74.8 cm³/mol. The van der Waals surface area contributed by atoms with Gasteiger partial charge < -0.3 is 5.32 Å². The molecule has 2 aromatic rings. The molecule has 2 N–H and O–H groups in total. The minimum atomic E-state index is -0.510. The van der Waals surface area contributed by atoms with Gasteiger partial charge in [0, 0.05) is 18.8 Å². The Labute approximate surface area is 116 Å². The first-order valence-corrected chi connectivity index (χ1v) is 6.20. The number of carbonyl (C=O) groups is 2. The average Bonchev–Trinajstić information content (AvgIpc) is 2.86. The van der Waals surface area contributed by atoms with Gasteiger partial charge in [-0.1, -0.05) is 24.3 Å². The van der Waals surface area contributed by atoms with Crippen molar-refractivity contribution < 1.29 is 9.59 Å². The highest BCUT2D eigenvalue weighted by Gasteiger charge is 2.09. The van der Waals surface area contributed by atoms with Crippen LogP contribution in [0.25, 0.3) is 11.1 Å². The molecule has 6 heteroatoms. The van der Waals surface area contributed by atoms with Crippen molar-refractivity contribution in [1.29, 1.82) is 0 Å². The fourth-order valence-corrected chi connectivity index (χ4v) is 1.91. The maximum atomic E-state index is 11.3. The molecule has 6 nitrogen and oxygen atoms in total. The van der Waals surface area contributed by atoms with E-state index in [1.54, 1.807) is 10.9 Å². The predicted octanol–water partition coefficient (Wildman–Crippen LogP) is 1.60. The van der Waals surface area contributed by atoms with Gasteiger partial charge in [0.25, 0.3) is 0 Å². The number of aryl methyl sites for hydroxylation is 1. The molecule has 1 atom stereocenters. The summed E-state index contributed by atoms with van der Waals surface area (Å²) in [6, 6.07) is 7.13. The van der Waals surface area contributed by atoms with Gasteiger partial charge in [0.2, 0.25) is 6.41 Å². The van der Waals surface area contributed by atoms with Gasteiger partial charge in [-0.2, -0.15) is 5.10 Å². The summed E-state index contributed by atoms with van der Waals surface area (Å²) < 4.78 is 1.75. The zero-order valence-corrected chi connectivity index (χ0v) is 11.3. The molecule has 1 aromatic heterocycles. The Kier molecular flexibility index (Phi) is 4.14. The molecule has 0 aliphatic rings. The Morgan fingerprint density at radius 2 is 2.00 bits per heavy atom. The van der Waals surface area contributed by atoms with Crippen LogP contribution in [0.15, 0.2) is 36.7 Å². The van der Waals surface area contributed by atoms with E-state index in [2.05, 4.69) is 10.4 Å². The Balaban J connectivity index is 2.07. The largest absolute Gasteiger partial charge is 0.331 e. The summed E-state index contributed by atoms with van der Waals surface area (Å²) in [6.07, 6.45) is 4.09. The molecule has 1 heterocycles. The van der Waals surface area contributed by atoms with Crippen molar-refractivity contribution in [2.24, 2.45) is 7.05 Å². The van der Waals surface area contributed by atoms with E-state index < -0.39 is 6.03 Å². The second-order valence-corrected chi connectivity index (χ2v) is 4.48. The molecule has 0 aliphatic heterocycles. The van der Waals surface area contributed by atoms with Gasteiger partial charge >= 0.3 is 6.03 Å². The Morgan fingerprint density at radius 1 is 1.30 bits per heavy atom. The first-order valence-electron chi connectivity index (χ1n) is 6.20. The lowest BCUT2D eigenvalue weighted by Gasteiger charge is -2.13. The Morgan fingerprint density at radius 3 is 2.55 bits per heavy atom. The number of urea groups is 1. The summed E-state index contributed by atoms with van der Waals surface area (Å²) in [5.74, 6) is 0. The molecule has 1 aromatic carbocycles. The second kappa shape index (κ2) is 6.01. The van der Waals surface area contributed by atoms with Crippen LogP contribution >= 0.6 is 0 Å². The summed E-state index contributed by atoms with van der Waals surface area (Å²) in [5.41, 5.74) is 3.06. The number of hydrogen-bond donors (Lipinski definition) is 2. The summed E-state index contributed by atoms with van der Waals surface area (Å²) in [6.45, 7) is 1.85. The third-order valence-corrected chi connectivity index (χ3v) is 2.99. The number of nitrogens with one attached hydrogen (secondary N) is 2. The summed E-state index contributed by atoms with van der Waals surface area (Å²) in [7, 11) is 1.87. The molecule has 0 saturated carbocycles. The lowest BCUT2D eigenvalue weighted by atomic mass is 10.0. The van der Waals surface area contributed by atoms with E-state index in [9.17, 15) is 9.59 Å². The smallest absolute Gasteiger partial charge is 0.321 e. The van der Waals surface area contributed by atoms with Gasteiger partial charge in [-0.25, -0.2) is 4.79 Å². The standard InChI is InChI=1S/C14H16N4O2/c1-10(17-14(20)15-9-19)11-3-5-12(6-4-11)13-7-16-18(2)8-13/h3-10H,1-2H3,(H2,15,17,19,20). The highest BCUT2D eigenvalue weighted by molar-refractivity contribution is 5.84. The van der Waals surface area contributed by atoms with Crippen LogP contribution in [0, 0.1) is 0 Å². The van der Waals surface area contributed by atoms with Gasteiger partial charge in [-0.3, -0.25) is 14.8 Å². The van der Waals surface area contributed by atoms with Crippen LogP contribution in [0.2, 0.25) is 0 Å². The summed E-state index contributed by atoms with van der Waals surface area (Å²) in [4.78, 5) is 21.4. The molecule has 0 radical (unpaired) electrons. The molecule has 0 fully saturated rings. The minimum absolute atomic E-state index is 0.183. The topological polar surface area (TPSA) is 76.0 Å². The van der Waals surface area contributed by atoms with E-state index in [1.807, 2.05) is 49.8 Å². The number of rotatable bonds is 4. The van der Waals surface area contributed by atoms with Gasteiger partial charge in [0.15, 0.2) is 0 Å². The SMILES string of the molecule is CC(NC(=O)NC=O)c1ccc(-c2cnn(C)c2)cc1. The average molecular weight is 272 g/mol. The normalized spacial score (nSPS) is 11.7. The van der Waals surface area contributed by atoms with E-state index in [-0.39, 0.29) is 6.04 Å². The maximum absolute atomic E-state index is 11.3. The number of imide groups is 1. The number of benzene rings is 1. The molecule has 20 heavy (non-hydrogen) atoms. The van der Waals surface area contributed by atoms with E-state index in [0.29, 0.717) is 6.41 Å². The molecule has 0 bridgehead atoms. The fourth-order valence-electron chi connectivity index (χ4n) is 1.91. The molecule has 104 valence electrons. The quantitative estimate of drug-likeness (QED) is 0.830. The van der Waals surface area contributed by atoms with Gasteiger partial charge in [0.1, 0.15) is 0 Å². The molecule has 3 amide bonds. The summed E-state index contributed by atoms with van der Waals surface area (Å²) in [5, 5.41) is 8.84. The lowest BCUT2D eigenvalue weighted by molar-refractivity contribution is -0.108. The molecular weight excluding hydrogens is 256 g/mol. The van der Waals surface area contributed by atoms with Gasteiger partial charge in [0.05, 0.1) is 12.2 Å². The highest BCUT2D eigenvalue weighted by atomic mass is 16.2. The molecule has 0 saturated heterocycles. The Bertz CT molecular complexity index is 604. The van der Waals surface area contributed by atoms with Crippen molar-refractivity contribution >= 4 is 12.4 Å². The van der Waals surface area contributed by atoms with Gasteiger partial charge in [-0.15, -0.1) is 0 Å². The fraction of sp³-hybridized carbons (Fsp3) is 0.214. The van der Waals surface area contributed by atoms with Crippen molar-refractivity contribution in [1.82, 2.24) is 20.4 Å². The molecule has 0 spiro atoms. The second-order valence-electron chi connectivity index (χ2n) is 4.48. The number of amides is 3. The van der Waals surface area contributed by atoms with Crippen LogP contribution in [-0.4, -0.2) is 22.2 Å². The monoisotopic (exact) mass is 272 g/mol. The number of nitrogens with zero attached hydrogens (tertiary/aromatic N) is 2. The van der Waals surface area contributed by atoms with E-state index >= 15 is 0 Å². The maximum Gasteiger partial charge on any atom is 0.321 e. The summed E-state index contributed by atoms with van der Waals surface area (Å²) >= 11 is 0. The van der Waals surface area contributed by atoms with Gasteiger partial charge in [-0.05, 0) is 18.1 Å². The molecule has 2 rings (SSSR count). The highest BCUT2D eigenvalue weighted by Crippen LogP contribution is 2.21. The van der Waals surface area contributed by atoms with Crippen molar-refractivity contribution in [3.05, 3.63) is 42.2 Å². The van der Waals surface area contributed by atoms with Crippen molar-refractivity contribution in [3.63, 3.8) is 0 Å². The molecule has 1 unspecified atom stereocenters. The van der Waals surface area contributed by atoms with Crippen LogP contribution in [0.5, 0.6) is 0 Å². The first-order chi connectivity index (χ1) is 9.60. The number of hydrogen-bond acceptors (Lipinski definition) is 3. The van der Waals surface area contributed by atoms with Crippen molar-refractivity contribution in [2.45, 2.75) is 13.0 Å².